The van der Waals surface area contributed by atoms with Crippen molar-refractivity contribution in [2.75, 3.05) is 5.32 Å². The van der Waals surface area contributed by atoms with Gasteiger partial charge in [-0.05, 0) is 30.7 Å². The quantitative estimate of drug-likeness (QED) is 0.670. The molecule has 27 heavy (non-hydrogen) atoms. The molecule has 3 rings (SSSR count). The minimum absolute atomic E-state index is 0.207. The summed E-state index contributed by atoms with van der Waals surface area (Å²) in [5.41, 5.74) is 2.19. The summed E-state index contributed by atoms with van der Waals surface area (Å²) in [6.07, 6.45) is -1.08. The van der Waals surface area contributed by atoms with Crippen LogP contribution in [0.3, 0.4) is 0 Å². The standard InChI is InChI=1S/C22H18FNO3/c1-15(27-22(26)18-12-5-7-13-19(18)23)21(25)24-20-14-8-6-11-17(20)16-9-3-2-4-10-16/h2-15H,1H3,(H,24,25)/t15-/m1/s1. The van der Waals surface area contributed by atoms with Gasteiger partial charge in [0.05, 0.1) is 5.56 Å². The Morgan fingerprint density at radius 1 is 0.889 bits per heavy atom. The van der Waals surface area contributed by atoms with Gasteiger partial charge in [-0.1, -0.05) is 60.7 Å². The normalized spacial score (nSPS) is 11.5. The van der Waals surface area contributed by atoms with Gasteiger partial charge in [-0.3, -0.25) is 4.79 Å². The second-order valence-corrected chi connectivity index (χ2v) is 5.93. The van der Waals surface area contributed by atoms with Crippen molar-refractivity contribution in [2.24, 2.45) is 0 Å². The summed E-state index contributed by atoms with van der Waals surface area (Å²) in [5, 5.41) is 2.77. The largest absolute Gasteiger partial charge is 0.449 e. The first-order valence-corrected chi connectivity index (χ1v) is 8.47. The number of carbonyl (C=O) groups is 2. The average Bonchev–Trinajstić information content (AvgIpc) is 2.69. The molecule has 0 fully saturated rings. The molecule has 0 aliphatic heterocycles. The van der Waals surface area contributed by atoms with Gasteiger partial charge in [-0.15, -0.1) is 0 Å². The molecule has 0 spiro atoms. The smallest absolute Gasteiger partial charge is 0.341 e. The molecule has 1 amide bonds. The van der Waals surface area contributed by atoms with Crippen LogP contribution in [-0.2, 0) is 9.53 Å². The monoisotopic (exact) mass is 363 g/mol. The van der Waals surface area contributed by atoms with Gasteiger partial charge in [0.1, 0.15) is 5.82 Å². The van der Waals surface area contributed by atoms with Crippen LogP contribution < -0.4 is 5.32 Å². The highest BCUT2D eigenvalue weighted by molar-refractivity contribution is 6.00. The van der Waals surface area contributed by atoms with E-state index in [9.17, 15) is 14.0 Å². The van der Waals surface area contributed by atoms with Crippen molar-refractivity contribution in [3.8, 4) is 11.1 Å². The summed E-state index contributed by atoms with van der Waals surface area (Å²) in [5.74, 6) is -2.07. The number of anilines is 1. The number of esters is 1. The van der Waals surface area contributed by atoms with Crippen LogP contribution in [0.2, 0.25) is 0 Å². The van der Waals surface area contributed by atoms with E-state index in [2.05, 4.69) is 5.32 Å². The van der Waals surface area contributed by atoms with Gasteiger partial charge < -0.3 is 10.1 Å². The topological polar surface area (TPSA) is 55.4 Å². The van der Waals surface area contributed by atoms with Crippen LogP contribution in [0.15, 0.2) is 78.9 Å². The first kappa shape index (κ1) is 18.3. The molecule has 3 aromatic rings. The number of para-hydroxylation sites is 1. The number of carbonyl (C=O) groups excluding carboxylic acids is 2. The fourth-order valence-corrected chi connectivity index (χ4v) is 2.60. The fourth-order valence-electron chi connectivity index (χ4n) is 2.60. The van der Waals surface area contributed by atoms with Crippen LogP contribution in [0.25, 0.3) is 11.1 Å². The zero-order valence-electron chi connectivity index (χ0n) is 14.7. The van der Waals surface area contributed by atoms with Gasteiger partial charge in [-0.2, -0.15) is 0 Å². The fraction of sp³-hybridized carbons (Fsp3) is 0.0909. The number of rotatable bonds is 5. The summed E-state index contributed by atoms with van der Waals surface area (Å²) in [6, 6.07) is 22.4. The lowest BCUT2D eigenvalue weighted by Crippen LogP contribution is -2.30. The van der Waals surface area contributed by atoms with Gasteiger partial charge >= 0.3 is 5.97 Å². The van der Waals surface area contributed by atoms with Gasteiger partial charge in [-0.25, -0.2) is 9.18 Å². The van der Waals surface area contributed by atoms with Crippen molar-refractivity contribution in [1.82, 2.24) is 0 Å². The molecule has 1 atom stereocenters. The Balaban J connectivity index is 1.73. The summed E-state index contributed by atoms with van der Waals surface area (Å²) >= 11 is 0. The maximum Gasteiger partial charge on any atom is 0.341 e. The predicted octanol–water partition coefficient (Wildman–Crippen LogP) is 4.68. The highest BCUT2D eigenvalue weighted by Crippen LogP contribution is 2.27. The summed E-state index contributed by atoms with van der Waals surface area (Å²) < 4.78 is 18.8. The molecule has 1 N–H and O–H groups in total. The SMILES string of the molecule is C[C@@H](OC(=O)c1ccccc1F)C(=O)Nc1ccccc1-c1ccccc1. The molecule has 0 saturated heterocycles. The summed E-state index contributed by atoms with van der Waals surface area (Å²) in [4.78, 5) is 24.5. The van der Waals surface area contributed by atoms with Crippen LogP contribution in [0.4, 0.5) is 10.1 Å². The molecule has 0 radical (unpaired) electrons. The zero-order chi connectivity index (χ0) is 19.2. The molecule has 3 aromatic carbocycles. The molecule has 136 valence electrons. The Hall–Kier alpha value is -3.47. The van der Waals surface area contributed by atoms with Crippen molar-refractivity contribution >= 4 is 17.6 Å². The molecule has 0 aromatic heterocycles. The van der Waals surface area contributed by atoms with Crippen LogP contribution >= 0.6 is 0 Å². The van der Waals surface area contributed by atoms with E-state index in [1.54, 1.807) is 12.1 Å². The predicted molar refractivity (Wildman–Crippen MR) is 102 cm³/mol. The first-order valence-electron chi connectivity index (χ1n) is 8.47. The van der Waals surface area contributed by atoms with Crippen molar-refractivity contribution in [3.05, 3.63) is 90.2 Å². The molecule has 0 bridgehead atoms. The maximum atomic E-state index is 13.7. The van der Waals surface area contributed by atoms with E-state index in [-0.39, 0.29) is 5.56 Å². The Bertz CT molecular complexity index is 957. The van der Waals surface area contributed by atoms with Gasteiger partial charge in [0, 0.05) is 11.3 Å². The minimum atomic E-state index is -1.08. The van der Waals surface area contributed by atoms with Crippen molar-refractivity contribution in [3.63, 3.8) is 0 Å². The van der Waals surface area contributed by atoms with Gasteiger partial charge in [0.15, 0.2) is 6.10 Å². The number of hydrogen-bond acceptors (Lipinski definition) is 3. The van der Waals surface area contributed by atoms with Crippen molar-refractivity contribution < 1.29 is 18.7 Å². The number of hydrogen-bond donors (Lipinski definition) is 1. The summed E-state index contributed by atoms with van der Waals surface area (Å²) in [7, 11) is 0. The zero-order valence-corrected chi connectivity index (χ0v) is 14.7. The number of halogens is 1. The van der Waals surface area contributed by atoms with E-state index in [4.69, 9.17) is 4.74 Å². The van der Waals surface area contributed by atoms with E-state index in [0.29, 0.717) is 5.69 Å². The Kier molecular flexibility index (Phi) is 5.61. The van der Waals surface area contributed by atoms with Crippen LogP contribution in [-0.4, -0.2) is 18.0 Å². The molecule has 4 nitrogen and oxygen atoms in total. The molecule has 0 unspecified atom stereocenters. The minimum Gasteiger partial charge on any atom is -0.449 e. The van der Waals surface area contributed by atoms with E-state index in [0.717, 1.165) is 17.2 Å². The Labute approximate surface area is 156 Å². The second kappa shape index (κ2) is 8.27. The number of ether oxygens (including phenoxy) is 1. The van der Waals surface area contributed by atoms with Crippen molar-refractivity contribution in [2.45, 2.75) is 13.0 Å². The molecular weight excluding hydrogens is 345 g/mol. The van der Waals surface area contributed by atoms with Gasteiger partial charge in [0.2, 0.25) is 0 Å². The second-order valence-electron chi connectivity index (χ2n) is 5.93. The van der Waals surface area contributed by atoms with Crippen molar-refractivity contribution in [1.29, 1.82) is 0 Å². The average molecular weight is 363 g/mol. The number of benzene rings is 3. The lowest BCUT2D eigenvalue weighted by Gasteiger charge is -2.16. The van der Waals surface area contributed by atoms with Crippen LogP contribution in [0.1, 0.15) is 17.3 Å². The van der Waals surface area contributed by atoms with E-state index < -0.39 is 23.8 Å². The first-order chi connectivity index (χ1) is 13.1. The highest BCUT2D eigenvalue weighted by Gasteiger charge is 2.21. The molecule has 0 saturated carbocycles. The Morgan fingerprint density at radius 3 is 2.26 bits per heavy atom. The molecule has 0 heterocycles. The molecule has 0 aliphatic carbocycles. The molecular formula is C22H18FNO3. The third-order valence-corrected chi connectivity index (χ3v) is 4.02. The molecule has 5 heteroatoms. The van der Waals surface area contributed by atoms with E-state index >= 15 is 0 Å². The number of nitrogens with one attached hydrogen (secondary N) is 1. The third kappa shape index (κ3) is 4.39. The van der Waals surface area contributed by atoms with E-state index in [1.165, 1.54) is 25.1 Å². The van der Waals surface area contributed by atoms with Gasteiger partial charge in [0.25, 0.3) is 5.91 Å². The summed E-state index contributed by atoms with van der Waals surface area (Å²) in [6.45, 7) is 1.44. The maximum absolute atomic E-state index is 13.7. The highest BCUT2D eigenvalue weighted by atomic mass is 19.1. The van der Waals surface area contributed by atoms with Crippen LogP contribution in [0.5, 0.6) is 0 Å². The van der Waals surface area contributed by atoms with Crippen LogP contribution in [0, 0.1) is 5.82 Å². The molecule has 0 aliphatic rings. The number of amides is 1. The lowest BCUT2D eigenvalue weighted by atomic mass is 10.0. The van der Waals surface area contributed by atoms with E-state index in [1.807, 2.05) is 42.5 Å². The third-order valence-electron chi connectivity index (χ3n) is 4.02. The lowest BCUT2D eigenvalue weighted by molar-refractivity contribution is -0.123. The Morgan fingerprint density at radius 2 is 1.52 bits per heavy atom.